The second kappa shape index (κ2) is 10.8. The lowest BCUT2D eigenvalue weighted by Gasteiger charge is -2.33. The molecule has 2 heterocycles. The quantitative estimate of drug-likeness (QED) is 0.571. The molecule has 0 saturated carbocycles. The Morgan fingerprint density at radius 1 is 0.941 bits per heavy atom. The minimum Gasteiger partial charge on any atom is -0.493 e. The van der Waals surface area contributed by atoms with E-state index >= 15 is 0 Å². The van der Waals surface area contributed by atoms with Crippen molar-refractivity contribution in [3.05, 3.63) is 35.9 Å². The fourth-order valence-electron chi connectivity index (χ4n) is 5.10. The molecule has 2 amide bonds. The van der Waals surface area contributed by atoms with Crippen LogP contribution in [0.1, 0.15) is 71.3 Å². The number of ether oxygens (including phenoxy) is 2. The molecule has 34 heavy (non-hydrogen) atoms. The van der Waals surface area contributed by atoms with Crippen molar-refractivity contribution in [3.63, 3.8) is 0 Å². The second-order valence-corrected chi connectivity index (χ2v) is 11.0. The number of hydrogen-bond donors (Lipinski definition) is 0. The maximum Gasteiger partial charge on any atom is 0.410 e. The van der Waals surface area contributed by atoms with E-state index < -0.39 is 5.60 Å². The van der Waals surface area contributed by atoms with Gasteiger partial charge < -0.3 is 19.3 Å². The van der Waals surface area contributed by atoms with Gasteiger partial charge in [-0.1, -0.05) is 18.2 Å². The Bertz CT molecular complexity index is 873. The van der Waals surface area contributed by atoms with Gasteiger partial charge in [0.2, 0.25) is 5.91 Å². The van der Waals surface area contributed by atoms with Crippen LogP contribution in [-0.4, -0.2) is 60.2 Å². The number of rotatable bonds is 5. The number of likely N-dealkylation sites (tertiary alicyclic amines) is 2. The molecule has 0 bridgehead atoms. The van der Waals surface area contributed by atoms with Crippen LogP contribution in [0.5, 0.6) is 5.75 Å². The Labute approximate surface area is 204 Å². The summed E-state index contributed by atoms with van der Waals surface area (Å²) < 4.78 is 11.5. The van der Waals surface area contributed by atoms with Crippen molar-refractivity contribution in [2.45, 2.75) is 71.3 Å². The van der Waals surface area contributed by atoms with Gasteiger partial charge in [0.1, 0.15) is 11.4 Å². The summed E-state index contributed by atoms with van der Waals surface area (Å²) in [5, 5.41) is 0. The van der Waals surface area contributed by atoms with Crippen LogP contribution in [-0.2, 0) is 9.53 Å². The van der Waals surface area contributed by atoms with Crippen molar-refractivity contribution in [1.82, 2.24) is 9.80 Å². The lowest BCUT2D eigenvalue weighted by Crippen LogP contribution is -2.42. The molecular formula is C28H40N2O4. The topological polar surface area (TPSA) is 59.1 Å². The first-order chi connectivity index (χ1) is 16.3. The van der Waals surface area contributed by atoms with Gasteiger partial charge in [0.05, 0.1) is 6.61 Å². The smallest absolute Gasteiger partial charge is 0.410 e. The highest BCUT2D eigenvalue weighted by atomic mass is 16.6. The lowest BCUT2D eigenvalue weighted by molar-refractivity contribution is -0.134. The molecule has 0 radical (unpaired) electrons. The third kappa shape index (κ3) is 6.55. The second-order valence-electron chi connectivity index (χ2n) is 11.0. The SMILES string of the molecule is CC(C)(C)OC(=O)N1CCC(COc2ccc(C3=CCC(C(=O)N4CCCC4)CC3)cc2)CC1. The fraction of sp³-hybridized carbons (Fsp3) is 0.643. The summed E-state index contributed by atoms with van der Waals surface area (Å²) in [5.74, 6) is 1.85. The number of piperidine rings is 1. The minimum atomic E-state index is -0.455. The van der Waals surface area contributed by atoms with Crippen molar-refractivity contribution >= 4 is 17.6 Å². The third-order valence-electron chi connectivity index (χ3n) is 7.15. The molecule has 2 saturated heterocycles. The number of nitrogens with zero attached hydrogens (tertiary/aromatic N) is 2. The van der Waals surface area contributed by atoms with Crippen LogP contribution >= 0.6 is 0 Å². The molecule has 3 aliphatic rings. The van der Waals surface area contributed by atoms with Crippen LogP contribution in [0.25, 0.3) is 5.57 Å². The van der Waals surface area contributed by atoms with Crippen LogP contribution in [0.2, 0.25) is 0 Å². The Kier molecular flexibility index (Phi) is 7.84. The molecule has 4 rings (SSSR count). The molecule has 6 nitrogen and oxygen atoms in total. The van der Waals surface area contributed by atoms with Crippen molar-refractivity contribution in [2.75, 3.05) is 32.8 Å². The Balaban J connectivity index is 1.20. The van der Waals surface area contributed by atoms with E-state index in [1.165, 1.54) is 11.1 Å². The Hall–Kier alpha value is -2.50. The number of amides is 2. The van der Waals surface area contributed by atoms with E-state index in [2.05, 4.69) is 23.1 Å². The van der Waals surface area contributed by atoms with Gasteiger partial charge in [-0.25, -0.2) is 4.79 Å². The summed E-state index contributed by atoms with van der Waals surface area (Å²) in [5.41, 5.74) is 2.11. The van der Waals surface area contributed by atoms with Crippen LogP contribution < -0.4 is 4.74 Å². The molecule has 186 valence electrons. The van der Waals surface area contributed by atoms with Gasteiger partial charge in [-0.3, -0.25) is 4.79 Å². The first-order valence-electron chi connectivity index (χ1n) is 13.0. The molecule has 1 aliphatic carbocycles. The summed E-state index contributed by atoms with van der Waals surface area (Å²) in [7, 11) is 0. The van der Waals surface area contributed by atoms with Crippen LogP contribution in [0.3, 0.4) is 0 Å². The highest BCUT2D eigenvalue weighted by molar-refractivity contribution is 5.81. The number of allylic oxidation sites excluding steroid dienone is 2. The van der Waals surface area contributed by atoms with E-state index in [4.69, 9.17) is 9.47 Å². The van der Waals surface area contributed by atoms with Gasteiger partial charge in [-0.05, 0) is 94.9 Å². The summed E-state index contributed by atoms with van der Waals surface area (Å²) in [4.78, 5) is 28.7. The summed E-state index contributed by atoms with van der Waals surface area (Å²) in [6, 6.07) is 8.37. The average Bonchev–Trinajstić information content (AvgIpc) is 3.37. The fourth-order valence-corrected chi connectivity index (χ4v) is 5.10. The van der Waals surface area contributed by atoms with E-state index in [1.807, 2.05) is 32.9 Å². The first-order valence-corrected chi connectivity index (χ1v) is 13.0. The molecule has 1 atom stereocenters. The minimum absolute atomic E-state index is 0.159. The normalized spacial score (nSPS) is 21.9. The molecule has 6 heteroatoms. The van der Waals surface area contributed by atoms with E-state index in [0.29, 0.717) is 18.4 Å². The zero-order valence-electron chi connectivity index (χ0n) is 21.1. The predicted octanol–water partition coefficient (Wildman–Crippen LogP) is 5.52. The molecular weight excluding hydrogens is 428 g/mol. The number of carbonyl (C=O) groups excluding carboxylic acids is 2. The number of hydrogen-bond acceptors (Lipinski definition) is 4. The monoisotopic (exact) mass is 468 g/mol. The van der Waals surface area contributed by atoms with Crippen molar-refractivity contribution in [1.29, 1.82) is 0 Å². The number of carbonyl (C=O) groups is 2. The van der Waals surface area contributed by atoms with Crippen molar-refractivity contribution in [2.24, 2.45) is 11.8 Å². The zero-order chi connectivity index (χ0) is 24.1. The molecule has 0 spiro atoms. The standard InChI is InChI=1S/C28H40N2O4/c1-28(2,3)34-27(32)30-18-14-21(15-19-30)20-33-25-12-10-23(11-13-25)22-6-8-24(9-7-22)26(31)29-16-4-5-17-29/h6,10-13,21,24H,4-5,7-9,14-20H2,1-3H3. The lowest BCUT2D eigenvalue weighted by atomic mass is 9.86. The van der Waals surface area contributed by atoms with Gasteiger partial charge in [-0.2, -0.15) is 0 Å². The molecule has 1 aromatic rings. The third-order valence-corrected chi connectivity index (χ3v) is 7.15. The summed E-state index contributed by atoms with van der Waals surface area (Å²) in [6.45, 7) is 9.68. The zero-order valence-corrected chi connectivity index (χ0v) is 21.1. The predicted molar refractivity (Wildman–Crippen MR) is 134 cm³/mol. The van der Waals surface area contributed by atoms with Crippen LogP contribution in [0.4, 0.5) is 4.79 Å². The largest absolute Gasteiger partial charge is 0.493 e. The van der Waals surface area contributed by atoms with Gasteiger partial charge in [0.25, 0.3) is 0 Å². The van der Waals surface area contributed by atoms with Gasteiger partial charge in [-0.15, -0.1) is 0 Å². The van der Waals surface area contributed by atoms with E-state index in [9.17, 15) is 9.59 Å². The molecule has 1 aromatic carbocycles. The van der Waals surface area contributed by atoms with Crippen molar-refractivity contribution < 1.29 is 19.1 Å². The van der Waals surface area contributed by atoms with Gasteiger partial charge >= 0.3 is 6.09 Å². The highest BCUT2D eigenvalue weighted by Crippen LogP contribution is 2.32. The maximum atomic E-state index is 12.7. The van der Waals surface area contributed by atoms with Crippen LogP contribution in [0.15, 0.2) is 30.3 Å². The molecule has 2 aliphatic heterocycles. The van der Waals surface area contributed by atoms with Gasteiger partial charge in [0, 0.05) is 32.1 Å². The Morgan fingerprint density at radius 3 is 2.21 bits per heavy atom. The molecule has 0 aromatic heterocycles. The van der Waals surface area contributed by atoms with Crippen molar-refractivity contribution in [3.8, 4) is 5.75 Å². The Morgan fingerprint density at radius 2 is 1.62 bits per heavy atom. The van der Waals surface area contributed by atoms with Gasteiger partial charge in [0.15, 0.2) is 0 Å². The van der Waals surface area contributed by atoms with E-state index in [-0.39, 0.29) is 12.0 Å². The average molecular weight is 469 g/mol. The summed E-state index contributed by atoms with van der Waals surface area (Å²) >= 11 is 0. The first kappa shape index (κ1) is 24.6. The summed E-state index contributed by atoms with van der Waals surface area (Å²) in [6.07, 6.45) is 8.97. The molecule has 1 unspecified atom stereocenters. The van der Waals surface area contributed by atoms with E-state index in [0.717, 1.165) is 76.9 Å². The van der Waals surface area contributed by atoms with Crippen LogP contribution in [0, 0.1) is 11.8 Å². The molecule has 0 N–H and O–H groups in total. The van der Waals surface area contributed by atoms with E-state index in [1.54, 1.807) is 4.90 Å². The highest BCUT2D eigenvalue weighted by Gasteiger charge is 2.29. The maximum absolute atomic E-state index is 12.7. The number of benzene rings is 1. The molecule has 2 fully saturated rings.